The van der Waals surface area contributed by atoms with Gasteiger partial charge in [0.15, 0.2) is 6.73 Å². The summed E-state index contributed by atoms with van der Waals surface area (Å²) in [6.45, 7) is 6.83. The number of esters is 1. The summed E-state index contributed by atoms with van der Waals surface area (Å²) in [5.74, 6) is -1.16. The molecule has 1 unspecified atom stereocenters. The summed E-state index contributed by atoms with van der Waals surface area (Å²) in [6, 6.07) is -0.0660. The minimum atomic E-state index is -4.92. The first kappa shape index (κ1) is 41.8. The summed E-state index contributed by atoms with van der Waals surface area (Å²) in [4.78, 5) is 61.6. The normalized spacial score (nSPS) is 21.1. The van der Waals surface area contributed by atoms with Crippen LogP contribution in [0, 0.1) is 11.3 Å². The van der Waals surface area contributed by atoms with Crippen LogP contribution in [0.5, 0.6) is 0 Å². The monoisotopic (exact) mass is 729 g/mol. The molecule has 0 aromatic carbocycles. The highest BCUT2D eigenvalue weighted by molar-refractivity contribution is 7.48. The van der Waals surface area contributed by atoms with E-state index in [0.29, 0.717) is 4.57 Å². The molecule has 4 atom stereocenters. The molecule has 2 heterocycles. The number of ether oxygens (including phenoxy) is 6. The molecule has 2 rings (SSSR count). The van der Waals surface area contributed by atoms with Crippen molar-refractivity contribution in [3.63, 3.8) is 0 Å². The second kappa shape index (κ2) is 17.5. The number of rotatable bonds is 17. The molecule has 19 nitrogen and oxygen atoms in total. The third-order valence-corrected chi connectivity index (χ3v) is 8.28. The Morgan fingerprint density at radius 1 is 0.980 bits per heavy atom. The topological polar surface area (TPSA) is 242 Å². The summed E-state index contributed by atoms with van der Waals surface area (Å²) in [7, 11) is -4.92. The Morgan fingerprint density at radius 2 is 1.51 bits per heavy atom. The van der Waals surface area contributed by atoms with E-state index in [1.165, 1.54) is 41.5 Å². The summed E-state index contributed by atoms with van der Waals surface area (Å²) in [6.07, 6.45) is -5.79. The minimum Gasteiger partial charge on any atom is -0.442 e. The predicted octanol–water partition coefficient (Wildman–Crippen LogP) is 2.31. The third-order valence-electron chi connectivity index (χ3n) is 6.99. The number of aliphatic hydroxyl groups is 1. The van der Waals surface area contributed by atoms with E-state index in [9.17, 15) is 38.0 Å². The van der Waals surface area contributed by atoms with Crippen molar-refractivity contribution in [1.82, 2.24) is 9.13 Å². The summed E-state index contributed by atoms with van der Waals surface area (Å²) in [5, 5.41) is 11.3. The van der Waals surface area contributed by atoms with Crippen molar-refractivity contribution in [2.24, 2.45) is 17.1 Å². The van der Waals surface area contributed by atoms with Crippen LogP contribution in [0.1, 0.15) is 61.6 Å². The fraction of sp³-hybridized carbons (Fsp3) is 0.750. The lowest BCUT2D eigenvalue weighted by atomic mass is 9.80. The van der Waals surface area contributed by atoms with Gasteiger partial charge >= 0.3 is 31.8 Å². The van der Waals surface area contributed by atoms with E-state index in [4.69, 9.17) is 38.3 Å². The van der Waals surface area contributed by atoms with Gasteiger partial charge in [-0.1, -0.05) is 27.7 Å². The van der Waals surface area contributed by atoms with E-state index in [-0.39, 0.29) is 5.92 Å². The van der Waals surface area contributed by atoms with Crippen LogP contribution >= 0.6 is 7.82 Å². The highest BCUT2D eigenvalue weighted by Gasteiger charge is 2.61. The first-order valence-electron chi connectivity index (χ1n) is 15.1. The standard InChI is InChI=1S/C28H45FN3O16P/c1-16(2)20(30)21(34)40-13-32-19(33)9-10-31(24(32)36)23-27(7,8)22(35)28(11-29,48-23)12-43-49(39,44-14-41-25(37)46-17(3)4)45-15-42-26(38)47-18(5)6/h9-10,16-18,20,22-23,35H,11-15,30H2,1-8H3/t20?,22-,23+,28+/m0/s1. The molecule has 3 N–H and O–H groups in total. The number of carbonyl (C=O) groups excluding carboxylic acids is 3. The Morgan fingerprint density at radius 3 is 1.98 bits per heavy atom. The average Bonchev–Trinajstić information content (AvgIpc) is 3.19. The van der Waals surface area contributed by atoms with Crippen LogP contribution in [0.4, 0.5) is 14.0 Å². The van der Waals surface area contributed by atoms with Gasteiger partial charge in [0.2, 0.25) is 13.6 Å². The average molecular weight is 730 g/mol. The Balaban J connectivity index is 2.33. The maximum absolute atomic E-state index is 14.8. The number of phosphoric ester groups is 1. The van der Waals surface area contributed by atoms with Gasteiger partial charge < -0.3 is 39.3 Å². The van der Waals surface area contributed by atoms with E-state index < -0.39 is 113 Å². The molecular weight excluding hydrogens is 684 g/mol. The van der Waals surface area contributed by atoms with E-state index in [1.807, 2.05) is 0 Å². The molecule has 0 radical (unpaired) electrons. The lowest BCUT2D eigenvalue weighted by molar-refractivity contribution is -0.151. The molecule has 1 aliphatic heterocycles. The molecule has 0 saturated carbocycles. The highest BCUT2D eigenvalue weighted by Crippen LogP contribution is 2.54. The molecule has 1 aromatic heterocycles. The van der Waals surface area contributed by atoms with Crippen LogP contribution in [0.25, 0.3) is 0 Å². The number of halogens is 1. The third kappa shape index (κ3) is 11.1. The SMILES string of the molecule is CC(C)OC(=O)OCOP(=O)(OCOC(=O)OC(C)C)OC[C@@]1(CF)O[C@@H](n2ccc(=O)n(COC(=O)C(N)C(C)C)c2=O)C(C)(C)[C@@H]1O. The predicted molar refractivity (Wildman–Crippen MR) is 163 cm³/mol. The summed E-state index contributed by atoms with van der Waals surface area (Å²) < 4.78 is 74.8. The lowest BCUT2D eigenvalue weighted by Crippen LogP contribution is -2.49. The maximum atomic E-state index is 14.8. The van der Waals surface area contributed by atoms with E-state index >= 15 is 0 Å². The molecule has 1 aromatic rings. The number of aromatic nitrogens is 2. The smallest absolute Gasteiger partial charge is 0.442 e. The summed E-state index contributed by atoms with van der Waals surface area (Å²) >= 11 is 0. The van der Waals surface area contributed by atoms with E-state index in [1.54, 1.807) is 13.8 Å². The van der Waals surface area contributed by atoms with Gasteiger partial charge in [0.1, 0.15) is 24.5 Å². The summed E-state index contributed by atoms with van der Waals surface area (Å²) in [5.41, 5.74) is 0.0205. The molecule has 1 fully saturated rings. The molecule has 21 heteroatoms. The Bertz CT molecular complexity index is 1430. The Kier molecular flexibility index (Phi) is 14.9. The Labute approximate surface area is 281 Å². The van der Waals surface area contributed by atoms with Crippen molar-refractivity contribution in [3.05, 3.63) is 33.1 Å². The lowest BCUT2D eigenvalue weighted by Gasteiger charge is -2.32. The molecule has 49 heavy (non-hydrogen) atoms. The molecule has 0 bridgehead atoms. The molecule has 0 aliphatic carbocycles. The second-order valence-electron chi connectivity index (χ2n) is 12.4. The molecule has 280 valence electrons. The number of phosphoric acid groups is 1. The van der Waals surface area contributed by atoms with Gasteiger partial charge in [-0.3, -0.25) is 18.7 Å². The molecule has 0 spiro atoms. The van der Waals surface area contributed by atoms with Crippen LogP contribution in [-0.2, 0) is 58.1 Å². The molecule has 0 amide bonds. The van der Waals surface area contributed by atoms with Crippen molar-refractivity contribution in [1.29, 1.82) is 0 Å². The number of carbonyl (C=O) groups is 3. The van der Waals surface area contributed by atoms with Crippen molar-refractivity contribution < 1.29 is 70.4 Å². The van der Waals surface area contributed by atoms with Crippen molar-refractivity contribution in [3.8, 4) is 0 Å². The largest absolute Gasteiger partial charge is 0.510 e. The molecule has 1 aliphatic rings. The van der Waals surface area contributed by atoms with Crippen molar-refractivity contribution >= 4 is 26.1 Å². The minimum absolute atomic E-state index is 0.296. The quantitative estimate of drug-likeness (QED) is 0.101. The van der Waals surface area contributed by atoms with Gasteiger partial charge in [0, 0.05) is 17.7 Å². The highest BCUT2D eigenvalue weighted by atomic mass is 31.2. The zero-order chi connectivity index (χ0) is 37.3. The fourth-order valence-corrected chi connectivity index (χ4v) is 5.24. The van der Waals surface area contributed by atoms with Crippen molar-refractivity contribution in [2.45, 2.75) is 98.3 Å². The van der Waals surface area contributed by atoms with E-state index in [2.05, 4.69) is 9.47 Å². The first-order valence-corrected chi connectivity index (χ1v) is 16.5. The van der Waals surface area contributed by atoms with Gasteiger partial charge in [-0.05, 0) is 33.6 Å². The van der Waals surface area contributed by atoms with Crippen LogP contribution in [-0.4, -0.2) is 89.3 Å². The van der Waals surface area contributed by atoms with Gasteiger partial charge in [-0.15, -0.1) is 0 Å². The fourth-order valence-electron chi connectivity index (χ4n) is 4.28. The zero-order valence-corrected chi connectivity index (χ0v) is 29.4. The van der Waals surface area contributed by atoms with E-state index in [0.717, 1.165) is 16.8 Å². The molecular formula is C28H45FN3O16P. The number of hydrogen-bond acceptors (Lipinski definition) is 17. The number of aliphatic hydroxyl groups excluding tert-OH is 1. The zero-order valence-electron chi connectivity index (χ0n) is 28.5. The van der Waals surface area contributed by atoms with Crippen LogP contribution in [0.15, 0.2) is 21.9 Å². The first-order chi connectivity index (χ1) is 22.7. The van der Waals surface area contributed by atoms with Crippen LogP contribution in [0.3, 0.4) is 0 Å². The van der Waals surface area contributed by atoms with Gasteiger partial charge in [-0.2, -0.15) is 0 Å². The Hall–Kier alpha value is -3.39. The van der Waals surface area contributed by atoms with Gasteiger partial charge in [0.05, 0.1) is 24.9 Å². The number of alkyl halides is 1. The number of nitrogens with two attached hydrogens (primary N) is 1. The van der Waals surface area contributed by atoms with Crippen molar-refractivity contribution in [2.75, 3.05) is 26.9 Å². The molecule has 1 saturated heterocycles. The second-order valence-corrected chi connectivity index (χ2v) is 14.0. The number of nitrogens with zero attached hydrogens (tertiary/aromatic N) is 2. The van der Waals surface area contributed by atoms with Gasteiger partial charge in [-0.25, -0.2) is 37.0 Å². The maximum Gasteiger partial charge on any atom is 0.510 e. The number of hydrogen-bond donors (Lipinski definition) is 2. The van der Waals surface area contributed by atoms with Crippen LogP contribution in [0.2, 0.25) is 0 Å². The van der Waals surface area contributed by atoms with Crippen LogP contribution < -0.4 is 17.0 Å². The van der Waals surface area contributed by atoms with Gasteiger partial charge in [0.25, 0.3) is 5.56 Å².